The summed E-state index contributed by atoms with van der Waals surface area (Å²) in [5.74, 6) is -1.62. The Morgan fingerprint density at radius 1 is 1.32 bits per heavy atom. The largest absolute Gasteiger partial charge is 0.480 e. The van der Waals surface area contributed by atoms with Crippen LogP contribution in [-0.4, -0.2) is 28.2 Å². The molecule has 22 heavy (non-hydrogen) atoms. The summed E-state index contributed by atoms with van der Waals surface area (Å²) in [6, 6.07) is 9.87. The van der Waals surface area contributed by atoms with Crippen LogP contribution in [0.5, 0.6) is 0 Å². The van der Waals surface area contributed by atoms with E-state index >= 15 is 0 Å². The number of carboxylic acid groups (broad SMARTS) is 1. The first kappa shape index (κ1) is 15.8. The lowest BCUT2D eigenvalue weighted by molar-refractivity contribution is -0.139. The first-order chi connectivity index (χ1) is 10.6. The van der Waals surface area contributed by atoms with Crippen LogP contribution >= 0.6 is 0 Å². The van der Waals surface area contributed by atoms with E-state index in [9.17, 15) is 9.59 Å². The minimum Gasteiger partial charge on any atom is -0.480 e. The smallest absolute Gasteiger partial charge is 0.326 e. The van der Waals surface area contributed by atoms with E-state index in [1.807, 2.05) is 37.3 Å². The molecule has 1 amide bonds. The Morgan fingerprint density at radius 2 is 2.05 bits per heavy atom. The van der Waals surface area contributed by atoms with Gasteiger partial charge in [-0.25, -0.2) is 4.79 Å². The fourth-order valence-corrected chi connectivity index (χ4v) is 2.02. The lowest BCUT2D eigenvalue weighted by atomic mass is 10.1. The number of aromatic nitrogens is 1. The van der Waals surface area contributed by atoms with E-state index in [1.54, 1.807) is 0 Å². The molecular formula is C16H18N2O4. The number of amides is 1. The van der Waals surface area contributed by atoms with E-state index in [0.29, 0.717) is 12.1 Å². The van der Waals surface area contributed by atoms with Crippen molar-refractivity contribution in [1.82, 2.24) is 10.5 Å². The molecule has 0 saturated carbocycles. The van der Waals surface area contributed by atoms with Crippen molar-refractivity contribution in [3.8, 4) is 11.3 Å². The topological polar surface area (TPSA) is 92.4 Å². The van der Waals surface area contributed by atoms with Gasteiger partial charge in [0, 0.05) is 11.6 Å². The summed E-state index contributed by atoms with van der Waals surface area (Å²) >= 11 is 0. The van der Waals surface area contributed by atoms with E-state index in [0.717, 1.165) is 18.4 Å². The second-order valence-electron chi connectivity index (χ2n) is 4.95. The van der Waals surface area contributed by atoms with Crippen molar-refractivity contribution in [3.63, 3.8) is 0 Å². The van der Waals surface area contributed by atoms with E-state index in [-0.39, 0.29) is 5.76 Å². The molecule has 0 radical (unpaired) electrons. The molecule has 116 valence electrons. The fraction of sp³-hybridized carbons (Fsp3) is 0.312. The number of hydrogen-bond donors (Lipinski definition) is 2. The summed E-state index contributed by atoms with van der Waals surface area (Å²) in [6.07, 6.45) is 1.97. The molecule has 1 aromatic carbocycles. The number of carbonyl (C=O) groups excluding carboxylic acids is 1. The van der Waals surface area contributed by atoms with Crippen LogP contribution in [0, 0.1) is 0 Å². The van der Waals surface area contributed by atoms with Crippen molar-refractivity contribution in [1.29, 1.82) is 0 Å². The number of unbranched alkanes of at least 4 members (excludes halogenated alkanes) is 1. The number of carboxylic acids is 1. The normalized spacial score (nSPS) is 11.9. The van der Waals surface area contributed by atoms with Crippen molar-refractivity contribution >= 4 is 11.9 Å². The molecule has 0 aliphatic rings. The fourth-order valence-electron chi connectivity index (χ4n) is 2.02. The minimum absolute atomic E-state index is 0.00148. The van der Waals surface area contributed by atoms with Crippen LogP contribution in [0.15, 0.2) is 40.9 Å². The summed E-state index contributed by atoms with van der Waals surface area (Å²) in [5.41, 5.74) is 1.36. The van der Waals surface area contributed by atoms with Crippen molar-refractivity contribution in [3.05, 3.63) is 42.2 Å². The predicted molar refractivity (Wildman–Crippen MR) is 80.4 cm³/mol. The van der Waals surface area contributed by atoms with Crippen molar-refractivity contribution in [2.24, 2.45) is 0 Å². The van der Waals surface area contributed by atoms with Crippen LogP contribution < -0.4 is 5.32 Å². The lowest BCUT2D eigenvalue weighted by Gasteiger charge is -2.12. The zero-order valence-electron chi connectivity index (χ0n) is 12.3. The lowest BCUT2D eigenvalue weighted by Crippen LogP contribution is -2.40. The standard InChI is InChI=1S/C16H18N2O4/c1-2-3-9-12(16(20)21)17-15(19)14-10-13(18-22-14)11-7-5-4-6-8-11/h4-8,10,12H,2-3,9H2,1H3,(H,17,19)(H,20,21). The third-order valence-corrected chi connectivity index (χ3v) is 3.25. The second kappa shape index (κ2) is 7.40. The van der Waals surface area contributed by atoms with Crippen LogP contribution in [0.25, 0.3) is 11.3 Å². The van der Waals surface area contributed by atoms with Gasteiger partial charge >= 0.3 is 5.97 Å². The third-order valence-electron chi connectivity index (χ3n) is 3.25. The van der Waals surface area contributed by atoms with Gasteiger partial charge in [-0.05, 0) is 6.42 Å². The van der Waals surface area contributed by atoms with Gasteiger partial charge in [0.05, 0.1) is 0 Å². The molecule has 0 saturated heterocycles. The van der Waals surface area contributed by atoms with Crippen LogP contribution in [0.1, 0.15) is 36.7 Å². The van der Waals surface area contributed by atoms with Gasteiger partial charge in [0.1, 0.15) is 11.7 Å². The van der Waals surface area contributed by atoms with Gasteiger partial charge in [-0.1, -0.05) is 55.3 Å². The number of nitrogens with one attached hydrogen (secondary N) is 1. The molecule has 1 heterocycles. The molecule has 2 rings (SSSR count). The van der Waals surface area contributed by atoms with Gasteiger partial charge in [0.2, 0.25) is 5.76 Å². The number of nitrogens with zero attached hydrogens (tertiary/aromatic N) is 1. The van der Waals surface area contributed by atoms with Gasteiger partial charge in [-0.2, -0.15) is 0 Å². The van der Waals surface area contributed by atoms with Crippen LogP contribution in [0.3, 0.4) is 0 Å². The maximum absolute atomic E-state index is 12.1. The molecule has 2 aromatic rings. The van der Waals surface area contributed by atoms with Gasteiger partial charge < -0.3 is 14.9 Å². The average molecular weight is 302 g/mol. The minimum atomic E-state index is -1.05. The molecule has 0 fully saturated rings. The highest BCUT2D eigenvalue weighted by Gasteiger charge is 2.22. The first-order valence-corrected chi connectivity index (χ1v) is 7.17. The molecule has 0 spiro atoms. The number of carbonyl (C=O) groups is 2. The monoisotopic (exact) mass is 302 g/mol. The molecule has 0 aliphatic heterocycles. The number of rotatable bonds is 7. The molecule has 1 aromatic heterocycles. The van der Waals surface area contributed by atoms with Crippen molar-refractivity contribution in [2.45, 2.75) is 32.2 Å². The Balaban J connectivity index is 2.06. The van der Waals surface area contributed by atoms with Gasteiger partial charge in [-0.15, -0.1) is 0 Å². The first-order valence-electron chi connectivity index (χ1n) is 7.17. The van der Waals surface area contributed by atoms with Gasteiger partial charge in [-0.3, -0.25) is 4.79 Å². The average Bonchev–Trinajstić information content (AvgIpc) is 3.02. The summed E-state index contributed by atoms with van der Waals surface area (Å²) in [7, 11) is 0. The quantitative estimate of drug-likeness (QED) is 0.820. The Hall–Kier alpha value is -2.63. The van der Waals surface area contributed by atoms with E-state index < -0.39 is 17.9 Å². The summed E-state index contributed by atoms with van der Waals surface area (Å²) < 4.78 is 5.01. The van der Waals surface area contributed by atoms with Gasteiger partial charge in [0.25, 0.3) is 5.91 Å². The Bertz CT molecular complexity index is 637. The van der Waals surface area contributed by atoms with Crippen LogP contribution in [-0.2, 0) is 4.79 Å². The highest BCUT2D eigenvalue weighted by atomic mass is 16.5. The van der Waals surface area contributed by atoms with Gasteiger partial charge in [0.15, 0.2) is 0 Å². The number of aliphatic carboxylic acids is 1. The Kier molecular flexibility index (Phi) is 5.30. The second-order valence-corrected chi connectivity index (χ2v) is 4.95. The molecular weight excluding hydrogens is 284 g/mol. The third kappa shape index (κ3) is 3.94. The highest BCUT2D eigenvalue weighted by molar-refractivity contribution is 5.95. The summed E-state index contributed by atoms with van der Waals surface area (Å²) in [4.78, 5) is 23.2. The zero-order valence-corrected chi connectivity index (χ0v) is 12.3. The predicted octanol–water partition coefficient (Wildman–Crippen LogP) is 2.71. The highest BCUT2D eigenvalue weighted by Crippen LogP contribution is 2.18. The van der Waals surface area contributed by atoms with Crippen LogP contribution in [0.4, 0.5) is 0 Å². The van der Waals surface area contributed by atoms with Crippen LogP contribution in [0.2, 0.25) is 0 Å². The van der Waals surface area contributed by atoms with Crippen molar-refractivity contribution in [2.75, 3.05) is 0 Å². The maximum Gasteiger partial charge on any atom is 0.326 e. The van der Waals surface area contributed by atoms with E-state index in [2.05, 4.69) is 10.5 Å². The van der Waals surface area contributed by atoms with E-state index in [4.69, 9.17) is 9.63 Å². The van der Waals surface area contributed by atoms with Crippen molar-refractivity contribution < 1.29 is 19.2 Å². The SMILES string of the molecule is CCCCC(NC(=O)c1cc(-c2ccccc2)no1)C(=O)O. The zero-order chi connectivity index (χ0) is 15.9. The number of benzene rings is 1. The molecule has 1 unspecified atom stereocenters. The van der Waals surface area contributed by atoms with E-state index in [1.165, 1.54) is 6.07 Å². The Morgan fingerprint density at radius 3 is 2.68 bits per heavy atom. The Labute approximate surface area is 128 Å². The summed E-state index contributed by atoms with van der Waals surface area (Å²) in [5, 5.41) is 15.4. The number of hydrogen-bond acceptors (Lipinski definition) is 4. The molecule has 0 aliphatic carbocycles. The molecule has 6 heteroatoms. The molecule has 2 N–H and O–H groups in total. The molecule has 1 atom stereocenters. The maximum atomic E-state index is 12.1. The molecule has 6 nitrogen and oxygen atoms in total. The molecule has 0 bridgehead atoms. The summed E-state index contributed by atoms with van der Waals surface area (Å²) in [6.45, 7) is 1.96.